The van der Waals surface area contributed by atoms with Gasteiger partial charge >= 0.3 is 5.97 Å². The monoisotopic (exact) mass is 372 g/mol. The van der Waals surface area contributed by atoms with E-state index in [0.717, 1.165) is 0 Å². The van der Waals surface area contributed by atoms with Crippen molar-refractivity contribution in [3.63, 3.8) is 0 Å². The van der Waals surface area contributed by atoms with Gasteiger partial charge in [-0.05, 0) is 42.8 Å². The van der Waals surface area contributed by atoms with Gasteiger partial charge in [-0.1, -0.05) is 12.1 Å². The second-order valence-electron chi connectivity index (χ2n) is 5.41. The van der Waals surface area contributed by atoms with Crippen LogP contribution in [0.4, 0.5) is 0 Å². The van der Waals surface area contributed by atoms with E-state index in [1.54, 1.807) is 42.5 Å². The predicted octanol–water partition coefficient (Wildman–Crippen LogP) is 2.32. The van der Waals surface area contributed by atoms with E-state index in [-0.39, 0.29) is 0 Å². The van der Waals surface area contributed by atoms with Gasteiger partial charge in [0.15, 0.2) is 17.6 Å². The quantitative estimate of drug-likeness (QED) is 0.544. The Balaban J connectivity index is 2.08. The largest absolute Gasteiger partial charge is 0.496 e. The van der Waals surface area contributed by atoms with Crippen LogP contribution in [0.5, 0.6) is 17.2 Å². The van der Waals surface area contributed by atoms with Crippen LogP contribution in [0.2, 0.25) is 0 Å². The summed E-state index contributed by atoms with van der Waals surface area (Å²) in [6, 6.07) is 11.6. The first-order chi connectivity index (χ1) is 13.0. The maximum Gasteiger partial charge on any atom is 0.344 e. The maximum absolute atomic E-state index is 12.2. The van der Waals surface area contributed by atoms with Gasteiger partial charge in [-0.3, -0.25) is 4.79 Å². The highest BCUT2D eigenvalue weighted by Crippen LogP contribution is 2.28. The number of methoxy groups -OCH3 is 2. The molecule has 0 unspecified atom stereocenters. The summed E-state index contributed by atoms with van der Waals surface area (Å²) in [5.74, 6) is -0.403. The van der Waals surface area contributed by atoms with Crippen LogP contribution in [0.15, 0.2) is 47.6 Å². The van der Waals surface area contributed by atoms with Crippen molar-refractivity contribution < 1.29 is 28.9 Å². The van der Waals surface area contributed by atoms with E-state index >= 15 is 0 Å². The number of hydrazone groups is 1. The number of nitrogens with zero attached hydrogens (tertiary/aromatic N) is 1. The third-order valence-corrected chi connectivity index (χ3v) is 3.57. The summed E-state index contributed by atoms with van der Waals surface area (Å²) in [5.41, 5.74) is 3.41. The lowest BCUT2D eigenvalue weighted by molar-refractivity contribution is -0.144. The molecule has 0 aromatic heterocycles. The summed E-state index contributed by atoms with van der Waals surface area (Å²) in [7, 11) is 2.93. The van der Waals surface area contributed by atoms with Gasteiger partial charge in [-0.2, -0.15) is 5.10 Å². The molecule has 0 spiro atoms. The fourth-order valence-electron chi connectivity index (χ4n) is 2.16. The molecule has 2 aromatic rings. The van der Waals surface area contributed by atoms with Crippen LogP contribution in [-0.2, 0) is 4.79 Å². The van der Waals surface area contributed by atoms with Crippen LogP contribution in [-0.4, -0.2) is 43.5 Å². The molecule has 2 rings (SSSR count). The minimum absolute atomic E-state index is 0.294. The Kier molecular flexibility index (Phi) is 6.76. The number of nitrogens with one attached hydrogen (secondary N) is 1. The molecular weight excluding hydrogens is 352 g/mol. The average molecular weight is 372 g/mol. The summed E-state index contributed by atoms with van der Waals surface area (Å²) < 4.78 is 15.7. The summed E-state index contributed by atoms with van der Waals surface area (Å²) in [4.78, 5) is 23.1. The van der Waals surface area contributed by atoms with Gasteiger partial charge in [-0.15, -0.1) is 0 Å². The number of carboxylic acid groups (broad SMARTS) is 1. The van der Waals surface area contributed by atoms with E-state index in [1.807, 2.05) is 0 Å². The number of ether oxygens (including phenoxy) is 3. The minimum atomic E-state index is -1.08. The summed E-state index contributed by atoms with van der Waals surface area (Å²) >= 11 is 0. The fourth-order valence-corrected chi connectivity index (χ4v) is 2.16. The van der Waals surface area contributed by atoms with E-state index in [4.69, 9.17) is 19.3 Å². The molecule has 142 valence electrons. The minimum Gasteiger partial charge on any atom is -0.496 e. The molecule has 0 fully saturated rings. The highest BCUT2D eigenvalue weighted by molar-refractivity contribution is 5.97. The number of para-hydroxylation sites is 1. The van der Waals surface area contributed by atoms with Gasteiger partial charge in [0.05, 0.1) is 26.0 Å². The predicted molar refractivity (Wildman–Crippen MR) is 98.8 cm³/mol. The van der Waals surface area contributed by atoms with Crippen molar-refractivity contribution >= 4 is 18.1 Å². The fraction of sp³-hybridized carbons (Fsp3) is 0.211. The molecule has 0 aliphatic carbocycles. The number of amides is 1. The Morgan fingerprint density at radius 1 is 1.07 bits per heavy atom. The zero-order valence-corrected chi connectivity index (χ0v) is 15.1. The van der Waals surface area contributed by atoms with Crippen LogP contribution >= 0.6 is 0 Å². The lowest BCUT2D eigenvalue weighted by Gasteiger charge is -2.14. The van der Waals surface area contributed by atoms with Gasteiger partial charge in [0.2, 0.25) is 0 Å². The first-order valence-electron chi connectivity index (χ1n) is 8.00. The van der Waals surface area contributed by atoms with E-state index in [2.05, 4.69) is 10.5 Å². The number of hydrogen-bond donors (Lipinski definition) is 2. The molecule has 2 N–H and O–H groups in total. The van der Waals surface area contributed by atoms with Gasteiger partial charge in [0, 0.05) is 0 Å². The molecule has 8 nitrogen and oxygen atoms in total. The zero-order chi connectivity index (χ0) is 19.8. The van der Waals surface area contributed by atoms with E-state index in [9.17, 15) is 9.59 Å². The first-order valence-corrected chi connectivity index (χ1v) is 8.00. The Bertz CT molecular complexity index is 850. The highest BCUT2D eigenvalue weighted by Gasteiger charge is 2.15. The van der Waals surface area contributed by atoms with Crippen molar-refractivity contribution in [3.8, 4) is 17.2 Å². The Labute approximate surface area is 156 Å². The average Bonchev–Trinajstić information content (AvgIpc) is 2.68. The number of benzene rings is 2. The zero-order valence-electron chi connectivity index (χ0n) is 15.1. The van der Waals surface area contributed by atoms with E-state index in [1.165, 1.54) is 27.4 Å². The van der Waals surface area contributed by atoms with Crippen LogP contribution in [0.3, 0.4) is 0 Å². The van der Waals surface area contributed by atoms with Crippen molar-refractivity contribution in [2.45, 2.75) is 13.0 Å². The lowest BCUT2D eigenvalue weighted by atomic mass is 10.2. The molecular formula is C19H20N2O6. The van der Waals surface area contributed by atoms with Crippen LogP contribution in [0.25, 0.3) is 0 Å². The Morgan fingerprint density at radius 2 is 1.78 bits per heavy atom. The molecule has 1 amide bonds. The second kappa shape index (κ2) is 9.23. The molecule has 0 aliphatic rings. The van der Waals surface area contributed by atoms with Gasteiger partial charge < -0.3 is 19.3 Å². The second-order valence-corrected chi connectivity index (χ2v) is 5.41. The number of carboxylic acids is 1. The molecule has 0 bridgehead atoms. The lowest BCUT2D eigenvalue weighted by Crippen LogP contribution is -2.23. The van der Waals surface area contributed by atoms with Crippen molar-refractivity contribution in [2.24, 2.45) is 5.10 Å². The van der Waals surface area contributed by atoms with Crippen molar-refractivity contribution in [2.75, 3.05) is 14.2 Å². The standard InChI is InChI=1S/C19H20N2O6/c1-12(19(23)24)27-16-9-8-13(10-17(16)26-3)11-20-21-18(22)14-6-4-5-7-15(14)25-2/h4-12H,1-3H3,(H,21,22)(H,23,24)/b20-11-/t12-/m0/s1. The summed E-state index contributed by atoms with van der Waals surface area (Å²) in [6.45, 7) is 1.42. The molecule has 1 atom stereocenters. The molecule has 0 aliphatic heterocycles. The maximum atomic E-state index is 12.2. The Morgan fingerprint density at radius 3 is 2.44 bits per heavy atom. The third kappa shape index (κ3) is 5.21. The number of rotatable bonds is 8. The van der Waals surface area contributed by atoms with Gasteiger partial charge in [0.25, 0.3) is 5.91 Å². The highest BCUT2D eigenvalue weighted by atomic mass is 16.5. The number of aliphatic carboxylic acids is 1. The van der Waals surface area contributed by atoms with Crippen molar-refractivity contribution in [1.82, 2.24) is 5.43 Å². The molecule has 0 saturated heterocycles. The van der Waals surface area contributed by atoms with E-state index in [0.29, 0.717) is 28.4 Å². The molecule has 2 aromatic carbocycles. The van der Waals surface area contributed by atoms with Gasteiger partial charge in [-0.25, -0.2) is 10.2 Å². The Hall–Kier alpha value is -3.55. The van der Waals surface area contributed by atoms with E-state index < -0.39 is 18.0 Å². The number of carbonyl (C=O) groups excluding carboxylic acids is 1. The normalized spacial score (nSPS) is 11.7. The van der Waals surface area contributed by atoms with Crippen LogP contribution < -0.4 is 19.6 Å². The van der Waals surface area contributed by atoms with Crippen LogP contribution in [0, 0.1) is 0 Å². The van der Waals surface area contributed by atoms with Crippen molar-refractivity contribution in [3.05, 3.63) is 53.6 Å². The first kappa shape index (κ1) is 19.8. The molecule has 27 heavy (non-hydrogen) atoms. The molecule has 0 radical (unpaired) electrons. The third-order valence-electron chi connectivity index (χ3n) is 3.57. The van der Waals surface area contributed by atoms with Crippen LogP contribution in [0.1, 0.15) is 22.8 Å². The SMILES string of the molecule is COc1cc(/C=N\NC(=O)c2ccccc2OC)ccc1O[C@@H](C)C(=O)O. The molecule has 0 heterocycles. The number of carbonyl (C=O) groups is 2. The summed E-state index contributed by atoms with van der Waals surface area (Å²) in [6.07, 6.45) is 0.416. The number of hydrogen-bond acceptors (Lipinski definition) is 6. The van der Waals surface area contributed by atoms with Crippen molar-refractivity contribution in [1.29, 1.82) is 0 Å². The smallest absolute Gasteiger partial charge is 0.344 e. The molecule has 8 heteroatoms. The topological polar surface area (TPSA) is 106 Å². The summed E-state index contributed by atoms with van der Waals surface area (Å²) in [5, 5.41) is 12.8. The van der Waals surface area contributed by atoms with Gasteiger partial charge in [0.1, 0.15) is 5.75 Å². The molecule has 0 saturated carbocycles.